The fraction of sp³-hybridized carbons (Fsp3) is 0.500. The van der Waals surface area contributed by atoms with Crippen LogP contribution in [0.4, 0.5) is 0 Å². The van der Waals surface area contributed by atoms with Gasteiger partial charge in [0.05, 0.1) is 6.42 Å². The molecule has 0 aliphatic heterocycles. The Kier molecular flexibility index (Phi) is 14.7. The molecule has 3 heteroatoms. The van der Waals surface area contributed by atoms with Gasteiger partial charge in [-0.1, -0.05) is 27.7 Å². The maximum absolute atomic E-state index is 9.89. The lowest BCUT2D eigenvalue weighted by Gasteiger charge is -1.87. The van der Waals surface area contributed by atoms with Gasteiger partial charge in [-0.15, -0.1) is 0 Å². The number of hydrogen-bond acceptors (Lipinski definition) is 3. The van der Waals surface area contributed by atoms with Gasteiger partial charge in [-0.25, -0.2) is 9.97 Å². The Balaban J connectivity index is 0. The third-order valence-corrected chi connectivity index (χ3v) is 0.885. The number of aldehydes is 1. The van der Waals surface area contributed by atoms with Crippen molar-refractivity contribution >= 4 is 6.29 Å². The Morgan fingerprint density at radius 2 is 1.62 bits per heavy atom. The summed E-state index contributed by atoms with van der Waals surface area (Å²) in [6.07, 6.45) is 4.33. The zero-order valence-electron chi connectivity index (χ0n) is 8.82. The highest BCUT2D eigenvalue weighted by Gasteiger charge is 1.88. The third-order valence-electron chi connectivity index (χ3n) is 0.885. The van der Waals surface area contributed by atoms with Crippen LogP contribution in [0.25, 0.3) is 0 Å². The molecule has 0 aliphatic rings. The van der Waals surface area contributed by atoms with Crippen LogP contribution in [0.3, 0.4) is 0 Å². The number of rotatable bonds is 2. The number of carbonyl (C=O) groups excluding carboxylic acids is 1. The molecule has 13 heavy (non-hydrogen) atoms. The van der Waals surface area contributed by atoms with Gasteiger partial charge in [0.15, 0.2) is 0 Å². The zero-order valence-corrected chi connectivity index (χ0v) is 8.82. The number of nitrogens with zero attached hydrogens (tertiary/aromatic N) is 2. The summed E-state index contributed by atoms with van der Waals surface area (Å²) in [4.78, 5) is 17.5. The van der Waals surface area contributed by atoms with Crippen LogP contribution >= 0.6 is 0 Å². The second-order valence-electron chi connectivity index (χ2n) is 1.54. The van der Waals surface area contributed by atoms with Gasteiger partial charge in [-0.3, -0.25) is 0 Å². The summed E-state index contributed by atoms with van der Waals surface area (Å²) in [5.41, 5.74) is 0. The molecule has 0 amide bonds. The summed E-state index contributed by atoms with van der Waals surface area (Å²) in [6.45, 7) is 8.00. The summed E-state index contributed by atoms with van der Waals surface area (Å²) < 4.78 is 0. The predicted octanol–water partition coefficient (Wildman–Crippen LogP) is 2.27. The maximum Gasteiger partial charge on any atom is 0.135 e. The first kappa shape index (κ1) is 14.3. The van der Waals surface area contributed by atoms with E-state index in [4.69, 9.17) is 0 Å². The molecule has 0 aliphatic carbocycles. The van der Waals surface area contributed by atoms with Gasteiger partial charge in [0.1, 0.15) is 12.1 Å². The Hall–Kier alpha value is -1.25. The van der Waals surface area contributed by atoms with Gasteiger partial charge in [-0.2, -0.15) is 0 Å². The van der Waals surface area contributed by atoms with Crippen molar-refractivity contribution in [2.75, 3.05) is 0 Å². The van der Waals surface area contributed by atoms with E-state index in [0.717, 1.165) is 6.29 Å². The van der Waals surface area contributed by atoms with E-state index in [1.165, 1.54) is 0 Å². The van der Waals surface area contributed by atoms with Gasteiger partial charge < -0.3 is 4.79 Å². The average molecular weight is 182 g/mol. The average Bonchev–Trinajstić information content (AvgIpc) is 2.26. The van der Waals surface area contributed by atoms with Crippen LogP contribution in [-0.2, 0) is 11.2 Å². The van der Waals surface area contributed by atoms with Gasteiger partial charge in [0.2, 0.25) is 0 Å². The molecule has 1 heterocycles. The Labute approximate surface area is 80.2 Å². The second kappa shape index (κ2) is 13.3. The molecule has 1 rings (SSSR count). The summed E-state index contributed by atoms with van der Waals surface area (Å²) in [5.74, 6) is 0.576. The molecule has 1 aromatic heterocycles. The van der Waals surface area contributed by atoms with E-state index < -0.39 is 0 Å². The fourth-order valence-corrected chi connectivity index (χ4v) is 0.510. The smallest absolute Gasteiger partial charge is 0.135 e. The molecule has 0 aromatic carbocycles. The zero-order chi connectivity index (χ0) is 10.5. The predicted molar refractivity (Wildman–Crippen MR) is 54.5 cm³/mol. The van der Waals surface area contributed by atoms with Gasteiger partial charge in [0, 0.05) is 12.4 Å². The number of carbonyl (C=O) groups is 1. The fourth-order valence-electron chi connectivity index (χ4n) is 0.510. The highest BCUT2D eigenvalue weighted by molar-refractivity contribution is 5.52. The van der Waals surface area contributed by atoms with Crippen molar-refractivity contribution in [3.63, 3.8) is 0 Å². The molecule has 0 saturated heterocycles. The van der Waals surface area contributed by atoms with Gasteiger partial charge in [0.25, 0.3) is 0 Å². The summed E-state index contributed by atoms with van der Waals surface area (Å²) >= 11 is 0. The van der Waals surface area contributed by atoms with Crippen molar-refractivity contribution in [2.24, 2.45) is 0 Å². The Morgan fingerprint density at radius 1 is 1.15 bits per heavy atom. The van der Waals surface area contributed by atoms with Crippen molar-refractivity contribution in [1.82, 2.24) is 9.97 Å². The first-order valence-electron chi connectivity index (χ1n) is 4.63. The quantitative estimate of drug-likeness (QED) is 0.659. The summed E-state index contributed by atoms with van der Waals surface area (Å²) in [5, 5.41) is 0. The lowest BCUT2D eigenvalue weighted by Crippen LogP contribution is -1.92. The normalized spacial score (nSPS) is 7.08. The largest absolute Gasteiger partial charge is 0.303 e. The molecule has 3 nitrogen and oxygen atoms in total. The third kappa shape index (κ3) is 8.66. The van der Waals surface area contributed by atoms with Crippen molar-refractivity contribution in [3.8, 4) is 0 Å². The number of hydrogen-bond donors (Lipinski definition) is 0. The molecule has 0 saturated carbocycles. The van der Waals surface area contributed by atoms with E-state index in [-0.39, 0.29) is 0 Å². The molecule has 0 spiro atoms. The molecule has 1 aromatic rings. The molecule has 0 unspecified atom stereocenters. The van der Waals surface area contributed by atoms with Crippen molar-refractivity contribution in [1.29, 1.82) is 0 Å². The Bertz CT molecular complexity index is 187. The van der Waals surface area contributed by atoms with Crippen LogP contribution in [0.1, 0.15) is 33.5 Å². The van der Waals surface area contributed by atoms with E-state index in [9.17, 15) is 4.79 Å². The van der Waals surface area contributed by atoms with E-state index in [1.54, 1.807) is 18.5 Å². The minimum Gasteiger partial charge on any atom is -0.303 e. The standard InChI is InChI=1S/C6H6N2O.2C2H6/c9-5-2-6-7-3-1-4-8-6;2*1-2/h1,3-5H,2H2;2*1-2H3. The molecular weight excluding hydrogens is 164 g/mol. The minimum absolute atomic E-state index is 0.306. The lowest BCUT2D eigenvalue weighted by molar-refractivity contribution is -0.107. The topological polar surface area (TPSA) is 42.9 Å². The van der Waals surface area contributed by atoms with Crippen molar-refractivity contribution in [2.45, 2.75) is 34.1 Å². The molecule has 0 N–H and O–H groups in total. The molecule has 0 fully saturated rings. The highest BCUT2D eigenvalue weighted by atomic mass is 16.1. The highest BCUT2D eigenvalue weighted by Crippen LogP contribution is 1.84. The van der Waals surface area contributed by atoms with Crippen LogP contribution in [0.5, 0.6) is 0 Å². The van der Waals surface area contributed by atoms with Gasteiger partial charge >= 0.3 is 0 Å². The monoisotopic (exact) mass is 182 g/mol. The van der Waals surface area contributed by atoms with Crippen LogP contribution < -0.4 is 0 Å². The lowest BCUT2D eigenvalue weighted by atomic mass is 10.4. The molecule has 0 atom stereocenters. The molecule has 0 radical (unpaired) electrons. The SMILES string of the molecule is CC.CC.O=CCc1ncccn1. The first-order chi connectivity index (χ1) is 6.43. The van der Waals surface area contributed by atoms with E-state index in [2.05, 4.69) is 9.97 Å². The molecule has 74 valence electrons. The van der Waals surface area contributed by atoms with Crippen LogP contribution in [0.15, 0.2) is 18.5 Å². The number of aromatic nitrogens is 2. The van der Waals surface area contributed by atoms with Crippen molar-refractivity contribution < 1.29 is 4.79 Å². The minimum atomic E-state index is 0.306. The summed E-state index contributed by atoms with van der Waals surface area (Å²) in [7, 11) is 0. The Morgan fingerprint density at radius 3 is 2.00 bits per heavy atom. The first-order valence-corrected chi connectivity index (χ1v) is 4.63. The van der Waals surface area contributed by atoms with E-state index >= 15 is 0 Å². The van der Waals surface area contributed by atoms with Crippen LogP contribution in [-0.4, -0.2) is 16.3 Å². The van der Waals surface area contributed by atoms with Crippen LogP contribution in [0, 0.1) is 0 Å². The van der Waals surface area contributed by atoms with Crippen molar-refractivity contribution in [3.05, 3.63) is 24.3 Å². The van der Waals surface area contributed by atoms with Gasteiger partial charge in [-0.05, 0) is 6.07 Å². The molecular formula is C10H18N2O. The summed E-state index contributed by atoms with van der Waals surface area (Å²) in [6, 6.07) is 1.72. The maximum atomic E-state index is 9.89. The van der Waals surface area contributed by atoms with Crippen LogP contribution in [0.2, 0.25) is 0 Å². The van der Waals surface area contributed by atoms with E-state index in [0.29, 0.717) is 12.2 Å². The van der Waals surface area contributed by atoms with E-state index in [1.807, 2.05) is 27.7 Å². The second-order valence-corrected chi connectivity index (χ2v) is 1.54. The molecule has 0 bridgehead atoms.